The van der Waals surface area contributed by atoms with Gasteiger partial charge in [0.25, 0.3) is 0 Å². The lowest BCUT2D eigenvalue weighted by Gasteiger charge is -2.25. The second kappa shape index (κ2) is 10.5. The van der Waals surface area contributed by atoms with Crippen LogP contribution in [0.3, 0.4) is 0 Å². The molecular formula is C23H27ClN2O5S. The number of halogens is 1. The lowest BCUT2D eigenvalue weighted by atomic mass is 10.0. The van der Waals surface area contributed by atoms with E-state index in [1.165, 1.54) is 4.31 Å². The largest absolute Gasteiger partial charge is 0.483 e. The van der Waals surface area contributed by atoms with Gasteiger partial charge in [-0.3, -0.25) is 4.79 Å². The zero-order chi connectivity index (χ0) is 23.3. The zero-order valence-electron chi connectivity index (χ0n) is 18.6. The minimum Gasteiger partial charge on any atom is -0.483 e. The molecule has 9 heteroatoms. The Morgan fingerprint density at radius 2 is 1.91 bits per heavy atom. The summed E-state index contributed by atoms with van der Waals surface area (Å²) in [7, 11) is 1.58. The van der Waals surface area contributed by atoms with Crippen molar-refractivity contribution in [2.75, 3.05) is 20.2 Å². The van der Waals surface area contributed by atoms with Gasteiger partial charge in [0.1, 0.15) is 12.1 Å². The van der Waals surface area contributed by atoms with Crippen LogP contribution in [0.5, 0.6) is 11.5 Å². The van der Waals surface area contributed by atoms with E-state index < -0.39 is 6.09 Å². The molecule has 1 aliphatic rings. The topological polar surface area (TPSA) is 68.3 Å². The molecule has 0 aromatic heterocycles. The van der Waals surface area contributed by atoms with E-state index in [1.807, 2.05) is 38.1 Å². The van der Waals surface area contributed by atoms with Crippen LogP contribution >= 0.6 is 23.7 Å². The Kier molecular flexibility index (Phi) is 7.92. The van der Waals surface area contributed by atoms with Crippen molar-refractivity contribution >= 4 is 35.8 Å². The molecule has 2 aromatic rings. The van der Waals surface area contributed by atoms with Gasteiger partial charge in [0, 0.05) is 42.7 Å². The predicted octanol–water partition coefficient (Wildman–Crippen LogP) is 5.11. The third-order valence-corrected chi connectivity index (χ3v) is 5.77. The lowest BCUT2D eigenvalue weighted by molar-refractivity contribution is -0.143. The molecule has 0 N–H and O–H groups in total. The molecule has 172 valence electrons. The summed E-state index contributed by atoms with van der Waals surface area (Å²) in [6.07, 6.45) is 0.161. The van der Waals surface area contributed by atoms with Crippen molar-refractivity contribution in [3.63, 3.8) is 0 Å². The number of hydrogen-bond donors (Lipinski definition) is 0. The van der Waals surface area contributed by atoms with Gasteiger partial charge in [0.2, 0.25) is 0 Å². The molecule has 0 unspecified atom stereocenters. The van der Waals surface area contributed by atoms with Crippen molar-refractivity contribution in [3.8, 4) is 11.5 Å². The number of carbonyl (C=O) groups is 2. The first kappa shape index (κ1) is 24.2. The van der Waals surface area contributed by atoms with Gasteiger partial charge in [-0.1, -0.05) is 35.9 Å². The number of esters is 1. The van der Waals surface area contributed by atoms with Gasteiger partial charge in [-0.05, 0) is 44.5 Å². The second-order valence-corrected chi connectivity index (χ2v) is 9.62. The van der Waals surface area contributed by atoms with E-state index in [4.69, 9.17) is 25.8 Å². The second-order valence-electron chi connectivity index (χ2n) is 7.96. The number of para-hydroxylation sites is 1. The highest BCUT2D eigenvalue weighted by Crippen LogP contribution is 2.42. The van der Waals surface area contributed by atoms with Gasteiger partial charge < -0.3 is 14.2 Å². The number of rotatable bonds is 8. The zero-order valence-corrected chi connectivity index (χ0v) is 20.2. The van der Waals surface area contributed by atoms with E-state index in [2.05, 4.69) is 0 Å². The molecule has 0 bridgehead atoms. The van der Waals surface area contributed by atoms with Crippen LogP contribution in [0.25, 0.3) is 0 Å². The average Bonchev–Trinajstić information content (AvgIpc) is 3.04. The molecule has 32 heavy (non-hydrogen) atoms. The third-order valence-electron chi connectivity index (χ3n) is 4.63. The van der Waals surface area contributed by atoms with Gasteiger partial charge in [0.15, 0.2) is 11.5 Å². The molecule has 7 nitrogen and oxygen atoms in total. The van der Waals surface area contributed by atoms with E-state index in [9.17, 15) is 9.59 Å². The summed E-state index contributed by atoms with van der Waals surface area (Å²) in [4.78, 5) is 24.9. The van der Waals surface area contributed by atoms with Gasteiger partial charge in [-0.15, -0.1) is 0 Å². The summed E-state index contributed by atoms with van der Waals surface area (Å²) in [6.45, 7) is 6.41. The number of amides is 1. The van der Waals surface area contributed by atoms with Gasteiger partial charge >= 0.3 is 12.1 Å². The summed E-state index contributed by atoms with van der Waals surface area (Å²) in [6, 6.07) is 12.8. The normalized spacial score (nSPS) is 13.9. The van der Waals surface area contributed by atoms with Crippen LogP contribution in [0, 0.1) is 0 Å². The molecule has 0 saturated heterocycles. The Morgan fingerprint density at radius 3 is 2.59 bits per heavy atom. The SMILES string of the molecule is CCOC(=O)CN(Cc1ccc(Cl)cc1)SN(C)C(=O)Oc1cccc2c1OC(C)(C)C2. The Morgan fingerprint density at radius 1 is 1.19 bits per heavy atom. The minimum atomic E-state index is -0.582. The van der Waals surface area contributed by atoms with Crippen molar-refractivity contribution in [2.45, 2.75) is 39.3 Å². The van der Waals surface area contributed by atoms with Crippen molar-refractivity contribution in [1.29, 1.82) is 0 Å². The molecule has 0 saturated carbocycles. The van der Waals surface area contributed by atoms with Crippen molar-refractivity contribution < 1.29 is 23.8 Å². The third kappa shape index (κ3) is 6.54. The van der Waals surface area contributed by atoms with Crippen molar-refractivity contribution in [2.24, 2.45) is 0 Å². The van der Waals surface area contributed by atoms with Crippen LogP contribution in [-0.2, 0) is 22.5 Å². The van der Waals surface area contributed by atoms with Crippen molar-refractivity contribution in [3.05, 3.63) is 58.6 Å². The number of nitrogens with zero attached hydrogens (tertiary/aromatic N) is 2. The maximum Gasteiger partial charge on any atom is 0.426 e. The number of carbonyl (C=O) groups excluding carboxylic acids is 2. The van der Waals surface area contributed by atoms with E-state index in [1.54, 1.807) is 36.5 Å². The summed E-state index contributed by atoms with van der Waals surface area (Å²) in [5.74, 6) is 0.584. The maximum absolute atomic E-state index is 12.8. The van der Waals surface area contributed by atoms with Crippen LogP contribution < -0.4 is 9.47 Å². The minimum absolute atomic E-state index is 0.00319. The molecule has 3 rings (SSSR count). The quantitative estimate of drug-likeness (QED) is 0.385. The Hall–Kier alpha value is -2.42. The molecular weight excluding hydrogens is 452 g/mol. The fraction of sp³-hybridized carbons (Fsp3) is 0.391. The fourth-order valence-corrected chi connectivity index (χ4v) is 4.24. The average molecular weight is 479 g/mol. The van der Waals surface area contributed by atoms with Crippen LogP contribution in [0.15, 0.2) is 42.5 Å². The smallest absolute Gasteiger partial charge is 0.426 e. The number of ether oxygens (including phenoxy) is 3. The lowest BCUT2D eigenvalue weighted by Crippen LogP contribution is -2.32. The van der Waals surface area contributed by atoms with Crippen LogP contribution in [0.4, 0.5) is 4.79 Å². The highest BCUT2D eigenvalue weighted by molar-refractivity contribution is 7.95. The number of fused-ring (bicyclic) bond motifs is 1. The van der Waals surface area contributed by atoms with E-state index in [-0.39, 0.29) is 24.7 Å². The Labute approximate surface area is 197 Å². The van der Waals surface area contributed by atoms with Crippen molar-refractivity contribution in [1.82, 2.24) is 8.61 Å². The van der Waals surface area contributed by atoms with E-state index in [0.717, 1.165) is 29.7 Å². The van der Waals surface area contributed by atoms with Gasteiger partial charge in [-0.25, -0.2) is 13.4 Å². The van der Waals surface area contributed by atoms with Gasteiger partial charge in [0.05, 0.1) is 6.61 Å². The number of benzene rings is 2. The van der Waals surface area contributed by atoms with E-state index >= 15 is 0 Å². The van der Waals surface area contributed by atoms with Crippen LogP contribution in [-0.4, -0.2) is 46.5 Å². The summed E-state index contributed by atoms with van der Waals surface area (Å²) >= 11 is 7.04. The standard InChI is InChI=1S/C23H27ClN2O5S/c1-5-29-20(27)15-26(14-16-9-11-18(24)12-10-16)32-25(4)22(28)30-19-8-6-7-17-13-23(2,3)31-21(17)19/h6-12H,5,13-15H2,1-4H3. The Bertz CT molecular complexity index is 967. The molecule has 1 heterocycles. The summed E-state index contributed by atoms with van der Waals surface area (Å²) in [5, 5.41) is 0.625. The molecule has 0 atom stereocenters. The molecule has 0 fully saturated rings. The first-order chi connectivity index (χ1) is 15.2. The monoisotopic (exact) mass is 478 g/mol. The van der Waals surface area contributed by atoms with Crippen LogP contribution in [0.1, 0.15) is 31.9 Å². The van der Waals surface area contributed by atoms with Gasteiger partial charge in [-0.2, -0.15) is 0 Å². The van der Waals surface area contributed by atoms with E-state index in [0.29, 0.717) is 23.1 Å². The highest BCUT2D eigenvalue weighted by atomic mass is 35.5. The maximum atomic E-state index is 12.8. The predicted molar refractivity (Wildman–Crippen MR) is 125 cm³/mol. The number of hydrogen-bond acceptors (Lipinski definition) is 7. The highest BCUT2D eigenvalue weighted by Gasteiger charge is 2.33. The first-order valence-corrected chi connectivity index (χ1v) is 11.4. The molecule has 1 amide bonds. The summed E-state index contributed by atoms with van der Waals surface area (Å²) in [5.41, 5.74) is 1.59. The first-order valence-electron chi connectivity index (χ1n) is 10.3. The fourth-order valence-electron chi connectivity index (χ4n) is 3.29. The molecule has 0 aliphatic carbocycles. The molecule has 2 aromatic carbocycles. The molecule has 0 radical (unpaired) electrons. The molecule has 0 spiro atoms. The summed E-state index contributed by atoms with van der Waals surface area (Å²) < 4.78 is 19.7. The molecule has 1 aliphatic heterocycles. The Balaban J connectivity index is 1.68. The van der Waals surface area contributed by atoms with Crippen LogP contribution in [0.2, 0.25) is 5.02 Å².